The fourth-order valence-corrected chi connectivity index (χ4v) is 1.83. The fraction of sp³-hybridized carbons (Fsp3) is 0.467. The van der Waals surface area contributed by atoms with Gasteiger partial charge < -0.3 is 18.9 Å². The summed E-state index contributed by atoms with van der Waals surface area (Å²) in [6.07, 6.45) is 0.108. The molecule has 0 aliphatic carbocycles. The first-order valence-corrected chi connectivity index (χ1v) is 6.85. The fourth-order valence-electron chi connectivity index (χ4n) is 1.83. The van der Waals surface area contributed by atoms with Gasteiger partial charge in [0.25, 0.3) is 0 Å². The van der Waals surface area contributed by atoms with Gasteiger partial charge in [-0.15, -0.1) is 0 Å². The Kier molecular flexibility index (Phi) is 4.17. The quantitative estimate of drug-likeness (QED) is 0.568. The van der Waals surface area contributed by atoms with Gasteiger partial charge in [-0.05, 0) is 17.7 Å². The van der Waals surface area contributed by atoms with Gasteiger partial charge in [0.15, 0.2) is 0 Å². The molecule has 3 rings (SSSR count). The first-order valence-electron chi connectivity index (χ1n) is 6.85. The number of carbonyl (C=O) groups is 2. The summed E-state index contributed by atoms with van der Waals surface area (Å²) in [6.45, 7) is 1.89. The summed E-state index contributed by atoms with van der Waals surface area (Å²) in [5.74, 6) is -0.671. The Hall–Kier alpha value is -1.92. The second-order valence-corrected chi connectivity index (χ2v) is 5.08. The highest BCUT2D eigenvalue weighted by Crippen LogP contribution is 2.13. The van der Waals surface area contributed by atoms with Crippen LogP contribution < -0.4 is 0 Å². The highest BCUT2D eigenvalue weighted by molar-refractivity contribution is 5.89. The minimum atomic E-state index is -0.372. The predicted molar refractivity (Wildman–Crippen MR) is 70.9 cm³/mol. The Labute approximate surface area is 121 Å². The molecule has 1 aromatic carbocycles. The van der Waals surface area contributed by atoms with Crippen molar-refractivity contribution in [2.75, 3.05) is 26.4 Å². The van der Waals surface area contributed by atoms with Gasteiger partial charge in [0.05, 0.1) is 31.8 Å². The molecule has 2 saturated heterocycles. The van der Waals surface area contributed by atoms with Crippen molar-refractivity contribution in [1.29, 1.82) is 0 Å². The van der Waals surface area contributed by atoms with Crippen LogP contribution in [0, 0.1) is 0 Å². The maximum absolute atomic E-state index is 11.8. The number of benzene rings is 1. The molecular weight excluding hydrogens is 276 g/mol. The van der Waals surface area contributed by atoms with Crippen molar-refractivity contribution in [2.24, 2.45) is 0 Å². The van der Waals surface area contributed by atoms with E-state index in [1.807, 2.05) is 0 Å². The average molecular weight is 292 g/mol. The van der Waals surface area contributed by atoms with Crippen molar-refractivity contribution >= 4 is 11.9 Å². The molecule has 0 bridgehead atoms. The molecule has 0 aromatic heterocycles. The van der Waals surface area contributed by atoms with Crippen LogP contribution in [0.15, 0.2) is 24.3 Å². The summed E-state index contributed by atoms with van der Waals surface area (Å²) in [4.78, 5) is 23.4. The molecule has 0 spiro atoms. The van der Waals surface area contributed by atoms with Crippen LogP contribution in [0.5, 0.6) is 0 Å². The third kappa shape index (κ3) is 4.03. The lowest BCUT2D eigenvalue weighted by molar-refractivity contribution is -0.143. The summed E-state index contributed by atoms with van der Waals surface area (Å²) in [7, 11) is 0. The zero-order valence-corrected chi connectivity index (χ0v) is 11.4. The topological polar surface area (TPSA) is 74.4 Å². The molecule has 1 unspecified atom stereocenters. The van der Waals surface area contributed by atoms with Crippen LogP contribution >= 0.6 is 0 Å². The molecule has 0 saturated carbocycles. The van der Waals surface area contributed by atoms with Crippen molar-refractivity contribution in [3.8, 4) is 0 Å². The van der Waals surface area contributed by atoms with E-state index in [1.165, 1.54) is 0 Å². The number of esters is 2. The molecule has 6 nitrogen and oxygen atoms in total. The standard InChI is InChI=1S/C15H16O6/c16-14(20-9-12-8-19-12)5-10-1-3-11(4-2-10)15(17)21-13-6-18-7-13/h1-4,12-13H,5-9H2. The number of hydrogen-bond donors (Lipinski definition) is 0. The summed E-state index contributed by atoms with van der Waals surface area (Å²) in [6, 6.07) is 6.74. The maximum atomic E-state index is 11.8. The molecular formula is C15H16O6. The molecule has 2 aliphatic heterocycles. The van der Waals surface area contributed by atoms with Crippen molar-refractivity contribution in [3.05, 3.63) is 35.4 Å². The van der Waals surface area contributed by atoms with Crippen molar-refractivity contribution in [3.63, 3.8) is 0 Å². The number of epoxide rings is 1. The summed E-state index contributed by atoms with van der Waals surface area (Å²) < 4.78 is 20.1. The maximum Gasteiger partial charge on any atom is 0.338 e. The van der Waals surface area contributed by atoms with E-state index in [4.69, 9.17) is 18.9 Å². The van der Waals surface area contributed by atoms with E-state index in [1.54, 1.807) is 24.3 Å². The Morgan fingerprint density at radius 1 is 1.14 bits per heavy atom. The lowest BCUT2D eigenvalue weighted by Crippen LogP contribution is -2.37. The molecule has 2 heterocycles. The third-order valence-electron chi connectivity index (χ3n) is 3.25. The smallest absolute Gasteiger partial charge is 0.338 e. The van der Waals surface area contributed by atoms with Gasteiger partial charge in [-0.1, -0.05) is 12.1 Å². The zero-order valence-electron chi connectivity index (χ0n) is 11.4. The van der Waals surface area contributed by atoms with Crippen LogP contribution in [-0.4, -0.2) is 50.6 Å². The van der Waals surface area contributed by atoms with Gasteiger partial charge in [-0.3, -0.25) is 4.79 Å². The Bertz CT molecular complexity index is 515. The molecule has 0 radical (unpaired) electrons. The molecule has 1 aromatic rings. The number of carbonyl (C=O) groups excluding carboxylic acids is 2. The normalized spacial score (nSPS) is 20.5. The van der Waals surface area contributed by atoms with Gasteiger partial charge in [-0.25, -0.2) is 4.79 Å². The molecule has 0 amide bonds. The van der Waals surface area contributed by atoms with E-state index in [9.17, 15) is 9.59 Å². The molecule has 6 heteroatoms. The van der Waals surface area contributed by atoms with Gasteiger partial charge in [0, 0.05) is 0 Å². The average Bonchev–Trinajstić information content (AvgIpc) is 3.25. The van der Waals surface area contributed by atoms with E-state index >= 15 is 0 Å². The lowest BCUT2D eigenvalue weighted by Gasteiger charge is -2.25. The molecule has 2 fully saturated rings. The van der Waals surface area contributed by atoms with E-state index in [0.29, 0.717) is 32.0 Å². The molecule has 21 heavy (non-hydrogen) atoms. The second kappa shape index (κ2) is 6.24. The molecule has 1 atom stereocenters. The Morgan fingerprint density at radius 3 is 2.43 bits per heavy atom. The van der Waals surface area contributed by atoms with Gasteiger partial charge in [-0.2, -0.15) is 0 Å². The van der Waals surface area contributed by atoms with Gasteiger partial charge >= 0.3 is 11.9 Å². The van der Waals surface area contributed by atoms with Gasteiger partial charge in [0.2, 0.25) is 0 Å². The Morgan fingerprint density at radius 2 is 1.86 bits per heavy atom. The molecule has 112 valence electrons. The van der Waals surface area contributed by atoms with Crippen LogP contribution in [0.3, 0.4) is 0 Å². The van der Waals surface area contributed by atoms with Crippen molar-refractivity contribution < 1.29 is 28.5 Å². The predicted octanol–water partition coefficient (Wildman–Crippen LogP) is 0.727. The number of rotatable bonds is 6. The largest absolute Gasteiger partial charge is 0.463 e. The van der Waals surface area contributed by atoms with Gasteiger partial charge in [0.1, 0.15) is 18.8 Å². The van der Waals surface area contributed by atoms with Crippen LogP contribution in [0.2, 0.25) is 0 Å². The first kappa shape index (κ1) is 14.0. The highest BCUT2D eigenvalue weighted by Gasteiger charge is 2.24. The SMILES string of the molecule is O=C(Cc1ccc(C(=O)OC2COC2)cc1)OCC1CO1. The zero-order chi connectivity index (χ0) is 14.7. The van der Waals surface area contributed by atoms with E-state index in [-0.39, 0.29) is 30.6 Å². The Balaban J connectivity index is 1.48. The van der Waals surface area contributed by atoms with E-state index < -0.39 is 0 Å². The lowest BCUT2D eigenvalue weighted by atomic mass is 10.1. The molecule has 0 N–H and O–H groups in total. The van der Waals surface area contributed by atoms with Crippen molar-refractivity contribution in [2.45, 2.75) is 18.6 Å². The van der Waals surface area contributed by atoms with Crippen LogP contribution in [0.4, 0.5) is 0 Å². The summed E-state index contributed by atoms with van der Waals surface area (Å²) >= 11 is 0. The van der Waals surface area contributed by atoms with Crippen molar-refractivity contribution in [1.82, 2.24) is 0 Å². The first-order chi connectivity index (χ1) is 10.2. The highest BCUT2D eigenvalue weighted by atomic mass is 16.6. The van der Waals surface area contributed by atoms with E-state index in [0.717, 1.165) is 5.56 Å². The second-order valence-electron chi connectivity index (χ2n) is 5.08. The summed E-state index contributed by atoms with van der Waals surface area (Å²) in [5.41, 5.74) is 1.26. The monoisotopic (exact) mass is 292 g/mol. The van der Waals surface area contributed by atoms with Crippen LogP contribution in [-0.2, 0) is 30.2 Å². The number of hydrogen-bond acceptors (Lipinski definition) is 6. The van der Waals surface area contributed by atoms with Crippen LogP contribution in [0.1, 0.15) is 15.9 Å². The summed E-state index contributed by atoms with van der Waals surface area (Å²) in [5, 5.41) is 0. The number of ether oxygens (including phenoxy) is 4. The third-order valence-corrected chi connectivity index (χ3v) is 3.25. The minimum Gasteiger partial charge on any atom is -0.463 e. The van der Waals surface area contributed by atoms with E-state index in [2.05, 4.69) is 0 Å². The molecule has 2 aliphatic rings. The van der Waals surface area contributed by atoms with Crippen LogP contribution in [0.25, 0.3) is 0 Å². The minimum absolute atomic E-state index is 0.0709.